The topological polar surface area (TPSA) is 79.2 Å². The van der Waals surface area contributed by atoms with E-state index in [1.54, 1.807) is 18.2 Å². The highest BCUT2D eigenvalue weighted by Gasteiger charge is 2.31. The van der Waals surface area contributed by atoms with Crippen molar-refractivity contribution in [3.05, 3.63) is 83.4 Å². The van der Waals surface area contributed by atoms with Gasteiger partial charge in [-0.05, 0) is 54.6 Å². The van der Waals surface area contributed by atoms with E-state index in [9.17, 15) is 27.4 Å². The molecule has 0 aromatic heterocycles. The van der Waals surface area contributed by atoms with Crippen molar-refractivity contribution in [2.75, 3.05) is 12.4 Å². The first-order valence-corrected chi connectivity index (χ1v) is 9.96. The van der Waals surface area contributed by atoms with E-state index in [1.165, 1.54) is 37.4 Å². The van der Waals surface area contributed by atoms with Gasteiger partial charge in [-0.15, -0.1) is 0 Å². The Hall–Kier alpha value is -3.64. The fourth-order valence-corrected chi connectivity index (χ4v) is 3.93. The van der Waals surface area contributed by atoms with Crippen LogP contribution in [0.5, 0.6) is 5.75 Å². The van der Waals surface area contributed by atoms with Crippen LogP contribution in [0.4, 0.5) is 18.9 Å². The Labute approximate surface area is 178 Å². The molecule has 1 amide bonds. The number of halogens is 3. The molecule has 3 aromatic carbocycles. The van der Waals surface area contributed by atoms with Gasteiger partial charge in [0.25, 0.3) is 5.91 Å². The smallest absolute Gasteiger partial charge is 0.416 e. The Morgan fingerprint density at radius 2 is 1.81 bits per heavy atom. The normalized spacial score (nSPS) is 12.0. The molecule has 9 heteroatoms. The molecule has 31 heavy (non-hydrogen) atoms. The lowest BCUT2D eigenvalue weighted by atomic mass is 10.1. The molecule has 0 heterocycles. The summed E-state index contributed by atoms with van der Waals surface area (Å²) in [5, 5.41) is 12.1. The van der Waals surface area contributed by atoms with Crippen LogP contribution in [-0.2, 0) is 17.0 Å². The Balaban J connectivity index is 1.87. The molecule has 1 N–H and O–H groups in total. The molecule has 3 rings (SSSR count). The van der Waals surface area contributed by atoms with E-state index < -0.39 is 28.4 Å². The quantitative estimate of drug-likeness (QED) is 0.600. The number of nitrogens with zero attached hydrogens (tertiary/aromatic N) is 1. The van der Waals surface area contributed by atoms with Gasteiger partial charge < -0.3 is 10.1 Å². The minimum atomic E-state index is -4.58. The van der Waals surface area contributed by atoms with Crippen molar-refractivity contribution in [2.24, 2.45) is 0 Å². The van der Waals surface area contributed by atoms with E-state index in [2.05, 4.69) is 5.32 Å². The summed E-state index contributed by atoms with van der Waals surface area (Å²) in [4.78, 5) is 12.4. The number of nitrogens with one attached hydrogen (secondary N) is 1. The third kappa shape index (κ3) is 5.10. The van der Waals surface area contributed by atoms with Crippen molar-refractivity contribution in [1.29, 1.82) is 5.26 Å². The summed E-state index contributed by atoms with van der Waals surface area (Å²) in [6, 6.07) is 16.5. The number of nitriles is 1. The molecule has 0 radical (unpaired) electrons. The van der Waals surface area contributed by atoms with Gasteiger partial charge >= 0.3 is 6.18 Å². The first kappa shape index (κ1) is 22.1. The molecule has 1 atom stereocenters. The van der Waals surface area contributed by atoms with Crippen LogP contribution in [0, 0.1) is 11.3 Å². The fourth-order valence-electron chi connectivity index (χ4n) is 2.74. The van der Waals surface area contributed by atoms with E-state index >= 15 is 0 Å². The maximum Gasteiger partial charge on any atom is 0.416 e. The second-order valence-electron chi connectivity index (χ2n) is 6.30. The van der Waals surface area contributed by atoms with Gasteiger partial charge in [-0.2, -0.15) is 18.4 Å². The van der Waals surface area contributed by atoms with Crippen LogP contribution >= 0.6 is 0 Å². The van der Waals surface area contributed by atoms with E-state index in [-0.39, 0.29) is 21.0 Å². The van der Waals surface area contributed by atoms with Crippen LogP contribution in [0.15, 0.2) is 76.5 Å². The first-order valence-electron chi connectivity index (χ1n) is 8.81. The number of hydrogen-bond donors (Lipinski definition) is 1. The Morgan fingerprint density at radius 3 is 2.48 bits per heavy atom. The molecular formula is C22H15F3N2O3S. The molecule has 0 aliphatic rings. The van der Waals surface area contributed by atoms with Gasteiger partial charge in [0.15, 0.2) is 0 Å². The second kappa shape index (κ2) is 9.02. The number of alkyl halides is 3. The standard InChI is InChI=1S/C22H15F3N2O3S/c1-30-18-6-2-4-14(11-18)21(28)27-17-8-9-20(15(10-17)13-26)31(29)19-7-3-5-16(12-19)22(23,24)25/h2-12H,1H3,(H,27,28)/t31-/m0/s1. The molecule has 0 unspecified atom stereocenters. The highest BCUT2D eigenvalue weighted by Crippen LogP contribution is 2.31. The van der Waals surface area contributed by atoms with Gasteiger partial charge in [-0.25, -0.2) is 4.21 Å². The largest absolute Gasteiger partial charge is 0.497 e. The number of anilines is 1. The molecule has 5 nitrogen and oxygen atoms in total. The van der Waals surface area contributed by atoms with Crippen molar-refractivity contribution < 1.29 is 26.9 Å². The van der Waals surface area contributed by atoms with Gasteiger partial charge in [0.05, 0.1) is 33.9 Å². The van der Waals surface area contributed by atoms with Crippen LogP contribution < -0.4 is 10.1 Å². The van der Waals surface area contributed by atoms with Crippen molar-refractivity contribution in [1.82, 2.24) is 0 Å². The lowest BCUT2D eigenvalue weighted by Gasteiger charge is -2.11. The van der Waals surface area contributed by atoms with E-state index in [0.717, 1.165) is 18.2 Å². The summed E-state index contributed by atoms with van der Waals surface area (Å²) in [5.74, 6) is 0.0479. The average Bonchev–Trinajstić information content (AvgIpc) is 2.78. The van der Waals surface area contributed by atoms with Crippen molar-refractivity contribution in [2.45, 2.75) is 16.0 Å². The van der Waals surface area contributed by atoms with E-state index in [1.807, 2.05) is 6.07 Å². The summed E-state index contributed by atoms with van der Waals surface area (Å²) < 4.78 is 56.7. The van der Waals surface area contributed by atoms with Crippen molar-refractivity contribution in [3.63, 3.8) is 0 Å². The summed E-state index contributed by atoms with van der Waals surface area (Å²) in [6.07, 6.45) is -4.58. The molecule has 0 spiro atoms. The van der Waals surface area contributed by atoms with Gasteiger partial charge in [0.1, 0.15) is 11.8 Å². The van der Waals surface area contributed by atoms with E-state index in [0.29, 0.717) is 11.3 Å². The molecule has 0 saturated carbocycles. The number of carbonyl (C=O) groups is 1. The van der Waals surface area contributed by atoms with Crippen LogP contribution in [0.1, 0.15) is 21.5 Å². The third-order valence-corrected chi connectivity index (χ3v) is 5.70. The molecule has 0 aliphatic carbocycles. The van der Waals surface area contributed by atoms with Crippen molar-refractivity contribution >= 4 is 22.4 Å². The van der Waals surface area contributed by atoms with E-state index in [4.69, 9.17) is 4.74 Å². The number of methoxy groups -OCH3 is 1. The summed E-state index contributed by atoms with van der Waals surface area (Å²) in [7, 11) is -0.545. The molecule has 158 valence electrons. The van der Waals surface area contributed by atoms with Gasteiger partial charge in [0.2, 0.25) is 0 Å². The van der Waals surface area contributed by atoms with Crippen LogP contribution in [-0.4, -0.2) is 17.2 Å². The van der Waals surface area contributed by atoms with Crippen LogP contribution in [0.2, 0.25) is 0 Å². The Morgan fingerprint density at radius 1 is 1.06 bits per heavy atom. The Bertz CT molecular complexity index is 1200. The molecule has 3 aromatic rings. The number of hydrogen-bond acceptors (Lipinski definition) is 4. The highest BCUT2D eigenvalue weighted by molar-refractivity contribution is 7.85. The maximum absolute atomic E-state index is 12.9. The van der Waals surface area contributed by atoms with Crippen LogP contribution in [0.3, 0.4) is 0 Å². The second-order valence-corrected chi connectivity index (χ2v) is 7.75. The molecular weight excluding hydrogens is 429 g/mol. The lowest BCUT2D eigenvalue weighted by molar-refractivity contribution is -0.137. The maximum atomic E-state index is 12.9. The fraction of sp³-hybridized carbons (Fsp3) is 0.0909. The predicted octanol–water partition coefficient (Wildman–Crippen LogP) is 5.00. The van der Waals surface area contributed by atoms with Crippen LogP contribution in [0.25, 0.3) is 0 Å². The molecule has 0 fully saturated rings. The number of carbonyl (C=O) groups excluding carboxylic acids is 1. The number of ether oxygens (including phenoxy) is 1. The molecule has 0 aliphatic heterocycles. The number of amides is 1. The van der Waals surface area contributed by atoms with Gasteiger partial charge in [-0.3, -0.25) is 4.79 Å². The summed E-state index contributed by atoms with van der Waals surface area (Å²) >= 11 is 0. The summed E-state index contributed by atoms with van der Waals surface area (Å²) in [6.45, 7) is 0. The monoisotopic (exact) mass is 444 g/mol. The zero-order valence-electron chi connectivity index (χ0n) is 16.1. The third-order valence-electron chi connectivity index (χ3n) is 4.26. The number of rotatable bonds is 5. The van der Waals surface area contributed by atoms with Crippen molar-refractivity contribution in [3.8, 4) is 11.8 Å². The summed E-state index contributed by atoms with van der Waals surface area (Å²) in [5.41, 5.74) is -0.359. The van der Waals surface area contributed by atoms with Gasteiger partial charge in [-0.1, -0.05) is 12.1 Å². The average molecular weight is 444 g/mol. The minimum Gasteiger partial charge on any atom is -0.497 e. The first-order chi connectivity index (χ1) is 14.7. The molecule has 0 saturated heterocycles. The highest BCUT2D eigenvalue weighted by atomic mass is 32.2. The Kier molecular flexibility index (Phi) is 6.42. The minimum absolute atomic E-state index is 0.0285. The van der Waals surface area contributed by atoms with Gasteiger partial charge in [0, 0.05) is 16.1 Å². The zero-order chi connectivity index (χ0) is 22.6. The zero-order valence-corrected chi connectivity index (χ0v) is 16.9. The number of benzene rings is 3. The molecule has 0 bridgehead atoms. The lowest BCUT2D eigenvalue weighted by Crippen LogP contribution is -2.12. The SMILES string of the molecule is COc1cccc(C(=O)Nc2ccc([S@@](=O)c3cccc(C(F)(F)F)c3)c(C#N)c2)c1. The predicted molar refractivity (Wildman–Crippen MR) is 108 cm³/mol.